The van der Waals surface area contributed by atoms with E-state index in [-0.39, 0.29) is 11.2 Å². The molecule has 0 radical (unpaired) electrons. The monoisotopic (exact) mass is 321 g/mol. The van der Waals surface area contributed by atoms with Gasteiger partial charge in [0.1, 0.15) is 0 Å². The molecule has 1 aromatic rings. The molecule has 0 amide bonds. The van der Waals surface area contributed by atoms with Crippen LogP contribution in [0.5, 0.6) is 0 Å². The molecule has 2 unspecified atom stereocenters. The number of hydrogen-bond acceptors (Lipinski definition) is 6. The van der Waals surface area contributed by atoms with Crippen LogP contribution in [0.1, 0.15) is 45.8 Å². The van der Waals surface area contributed by atoms with E-state index in [1.165, 1.54) is 24.3 Å². The smallest absolute Gasteiger partial charge is 0.269 e. The van der Waals surface area contributed by atoms with Crippen molar-refractivity contribution in [1.29, 1.82) is 0 Å². The molecule has 7 nitrogen and oxygen atoms in total. The Morgan fingerprint density at radius 3 is 2.35 bits per heavy atom. The first-order valence-corrected chi connectivity index (χ1v) is 7.50. The van der Waals surface area contributed by atoms with E-state index >= 15 is 0 Å². The van der Waals surface area contributed by atoms with Crippen molar-refractivity contribution in [2.75, 3.05) is 0 Å². The van der Waals surface area contributed by atoms with Crippen LogP contribution in [0.3, 0.4) is 0 Å². The molecule has 3 N–H and O–H groups in total. The second kappa shape index (κ2) is 5.90. The number of benzene rings is 1. The molecule has 2 atom stereocenters. The summed E-state index contributed by atoms with van der Waals surface area (Å²) in [7, 11) is 0. The third-order valence-electron chi connectivity index (χ3n) is 4.31. The molecule has 1 heterocycles. The van der Waals surface area contributed by atoms with Crippen LogP contribution in [0.15, 0.2) is 29.4 Å². The van der Waals surface area contributed by atoms with Crippen molar-refractivity contribution in [3.05, 3.63) is 39.9 Å². The van der Waals surface area contributed by atoms with Gasteiger partial charge >= 0.3 is 0 Å². The molecule has 0 saturated carbocycles. The van der Waals surface area contributed by atoms with Crippen LogP contribution in [0.25, 0.3) is 0 Å². The van der Waals surface area contributed by atoms with Crippen LogP contribution in [0.2, 0.25) is 0 Å². The average molecular weight is 321 g/mol. The molecule has 0 bridgehead atoms. The van der Waals surface area contributed by atoms with Gasteiger partial charge < -0.3 is 15.6 Å². The van der Waals surface area contributed by atoms with Gasteiger partial charge in [-0.15, -0.1) is 0 Å². The Morgan fingerprint density at radius 2 is 1.87 bits per heavy atom. The van der Waals surface area contributed by atoms with Crippen molar-refractivity contribution in [2.24, 2.45) is 11.1 Å². The van der Waals surface area contributed by atoms with Crippen LogP contribution in [0, 0.1) is 16.0 Å². The maximum Gasteiger partial charge on any atom is 0.269 e. The maximum atomic E-state index is 10.8. The lowest BCUT2D eigenvalue weighted by Gasteiger charge is -2.49. The number of nitrogens with one attached hydrogen (secondary N) is 1. The van der Waals surface area contributed by atoms with E-state index < -0.39 is 22.5 Å². The zero-order chi connectivity index (χ0) is 17.4. The number of aliphatic hydroxyl groups is 1. The molecular formula is C16H23N3O4. The van der Waals surface area contributed by atoms with E-state index in [0.29, 0.717) is 17.7 Å². The second-order valence-corrected chi connectivity index (χ2v) is 7.27. The highest BCUT2D eigenvalue weighted by molar-refractivity contribution is 5.90. The van der Waals surface area contributed by atoms with Gasteiger partial charge in [0.25, 0.3) is 5.69 Å². The van der Waals surface area contributed by atoms with E-state index in [4.69, 9.17) is 0 Å². The third kappa shape index (κ3) is 3.51. The summed E-state index contributed by atoms with van der Waals surface area (Å²) in [6, 6.07) is 5.80. The van der Waals surface area contributed by atoms with Gasteiger partial charge in [-0.05, 0) is 45.4 Å². The molecule has 1 fully saturated rings. The third-order valence-corrected chi connectivity index (χ3v) is 4.31. The first kappa shape index (κ1) is 17.4. The summed E-state index contributed by atoms with van der Waals surface area (Å²) in [5.41, 5.74) is 0.279. The van der Waals surface area contributed by atoms with Gasteiger partial charge in [0, 0.05) is 35.5 Å². The minimum atomic E-state index is -0.930. The summed E-state index contributed by atoms with van der Waals surface area (Å²) in [5, 5.41) is 37.8. The molecule has 0 spiro atoms. The van der Waals surface area contributed by atoms with E-state index in [1.54, 1.807) is 0 Å². The predicted octanol–water partition coefficient (Wildman–Crippen LogP) is 2.63. The van der Waals surface area contributed by atoms with Crippen LogP contribution in [-0.2, 0) is 0 Å². The van der Waals surface area contributed by atoms with Crippen molar-refractivity contribution in [1.82, 2.24) is 5.32 Å². The van der Waals surface area contributed by atoms with Gasteiger partial charge in [0.2, 0.25) is 0 Å². The predicted molar refractivity (Wildman–Crippen MR) is 86.7 cm³/mol. The van der Waals surface area contributed by atoms with Crippen molar-refractivity contribution in [3.8, 4) is 0 Å². The standard InChI is InChI=1S/C16H23N3O4/c1-15(2)9-12(17-21)13(16(3,4)18-15)14(20)10-5-7-11(8-6-10)19(22)23/h5-8,13-14,18,20-21H,9H2,1-4H3/b17-12+. The molecule has 1 aromatic carbocycles. The highest BCUT2D eigenvalue weighted by atomic mass is 16.6. The van der Waals surface area contributed by atoms with Crippen molar-refractivity contribution >= 4 is 11.4 Å². The molecule has 0 aliphatic carbocycles. The molecule has 7 heteroatoms. The summed E-state index contributed by atoms with van der Waals surface area (Å²) in [6.45, 7) is 7.90. The Bertz CT molecular complexity index is 623. The average Bonchev–Trinajstić information content (AvgIpc) is 2.43. The highest BCUT2D eigenvalue weighted by Gasteiger charge is 2.47. The number of aliphatic hydroxyl groups excluding tert-OH is 1. The van der Waals surface area contributed by atoms with E-state index in [2.05, 4.69) is 10.5 Å². The minimum absolute atomic E-state index is 0.0286. The van der Waals surface area contributed by atoms with Crippen LogP contribution >= 0.6 is 0 Å². The number of nitro benzene ring substituents is 1. The SMILES string of the molecule is CC1(C)C/C(=N\O)C(C(O)c2ccc([N+](=O)[O-])cc2)C(C)(C)N1. The summed E-state index contributed by atoms with van der Waals surface area (Å²) >= 11 is 0. The van der Waals surface area contributed by atoms with Gasteiger partial charge in [0.05, 0.1) is 16.7 Å². The Labute approximate surface area is 135 Å². The summed E-state index contributed by atoms with van der Waals surface area (Å²) in [4.78, 5) is 10.3. The van der Waals surface area contributed by atoms with Crippen LogP contribution < -0.4 is 5.32 Å². The summed E-state index contributed by atoms with van der Waals surface area (Å²) in [6.07, 6.45) is -0.429. The van der Waals surface area contributed by atoms with Crippen LogP contribution in [-0.4, -0.2) is 32.0 Å². The zero-order valence-corrected chi connectivity index (χ0v) is 13.8. The number of oxime groups is 1. The fraction of sp³-hybridized carbons (Fsp3) is 0.562. The number of nitrogens with zero attached hydrogens (tertiary/aromatic N) is 2. The fourth-order valence-electron chi connectivity index (χ4n) is 3.63. The Morgan fingerprint density at radius 1 is 1.30 bits per heavy atom. The first-order chi connectivity index (χ1) is 10.6. The topological polar surface area (TPSA) is 108 Å². The lowest BCUT2D eigenvalue weighted by molar-refractivity contribution is -0.384. The maximum absolute atomic E-state index is 10.8. The second-order valence-electron chi connectivity index (χ2n) is 7.27. The number of nitro groups is 1. The quantitative estimate of drug-likeness (QED) is 0.450. The molecule has 0 aromatic heterocycles. The summed E-state index contributed by atoms with van der Waals surface area (Å²) < 4.78 is 0. The Balaban J connectivity index is 2.36. The van der Waals surface area contributed by atoms with Crippen molar-refractivity contribution in [3.63, 3.8) is 0 Å². The molecule has 2 rings (SSSR count). The molecule has 126 valence electrons. The Kier molecular flexibility index (Phi) is 4.45. The van der Waals surface area contributed by atoms with Gasteiger partial charge in [-0.2, -0.15) is 0 Å². The molecule has 23 heavy (non-hydrogen) atoms. The number of hydrogen-bond donors (Lipinski definition) is 3. The lowest BCUT2D eigenvalue weighted by Crippen LogP contribution is -2.64. The lowest BCUT2D eigenvalue weighted by atomic mass is 9.69. The fourth-order valence-corrected chi connectivity index (χ4v) is 3.63. The minimum Gasteiger partial charge on any atom is -0.411 e. The first-order valence-electron chi connectivity index (χ1n) is 7.50. The van der Waals surface area contributed by atoms with E-state index in [9.17, 15) is 20.4 Å². The Hall–Kier alpha value is -1.99. The van der Waals surface area contributed by atoms with Gasteiger partial charge in [-0.1, -0.05) is 5.16 Å². The molecule has 1 saturated heterocycles. The van der Waals surface area contributed by atoms with Gasteiger partial charge in [0.15, 0.2) is 0 Å². The molecular weight excluding hydrogens is 298 g/mol. The zero-order valence-electron chi connectivity index (χ0n) is 13.8. The van der Waals surface area contributed by atoms with Gasteiger partial charge in [-0.3, -0.25) is 10.1 Å². The van der Waals surface area contributed by atoms with E-state index in [0.717, 1.165) is 0 Å². The largest absolute Gasteiger partial charge is 0.411 e. The van der Waals surface area contributed by atoms with Gasteiger partial charge in [-0.25, -0.2) is 0 Å². The van der Waals surface area contributed by atoms with E-state index in [1.807, 2.05) is 27.7 Å². The van der Waals surface area contributed by atoms with Crippen molar-refractivity contribution < 1.29 is 15.2 Å². The van der Waals surface area contributed by atoms with Crippen LogP contribution in [0.4, 0.5) is 5.69 Å². The number of rotatable bonds is 3. The highest BCUT2D eigenvalue weighted by Crippen LogP contribution is 2.39. The summed E-state index contributed by atoms with van der Waals surface area (Å²) in [5.74, 6) is -0.443. The normalized spacial score (nSPS) is 26.0. The number of non-ortho nitro benzene ring substituents is 1. The molecule has 1 aliphatic heterocycles. The van der Waals surface area contributed by atoms with Crippen molar-refractivity contribution in [2.45, 2.75) is 51.3 Å². The molecule has 1 aliphatic rings. The number of piperidine rings is 1.